The highest BCUT2D eigenvalue weighted by molar-refractivity contribution is 5.94. The molecule has 0 radical (unpaired) electrons. The number of rotatable bonds is 4. The van der Waals surface area contributed by atoms with Gasteiger partial charge in [-0.3, -0.25) is 9.69 Å². The van der Waals surface area contributed by atoms with Crippen LogP contribution in [-0.2, 0) is 0 Å². The predicted octanol–water partition coefficient (Wildman–Crippen LogP) is 0.326. The van der Waals surface area contributed by atoms with Crippen LogP contribution in [0.15, 0.2) is 30.9 Å². The van der Waals surface area contributed by atoms with Gasteiger partial charge < -0.3 is 10.0 Å². The molecular formula is C16H21N5O2. The Morgan fingerprint density at radius 2 is 2.04 bits per heavy atom. The number of aliphatic hydroxyl groups is 1. The van der Waals surface area contributed by atoms with Gasteiger partial charge in [0, 0.05) is 38.3 Å². The highest BCUT2D eigenvalue weighted by Crippen LogP contribution is 2.17. The molecule has 2 aromatic rings. The maximum absolute atomic E-state index is 12.6. The normalized spacial score (nSPS) is 15.8. The smallest absolute Gasteiger partial charge is 0.253 e. The van der Waals surface area contributed by atoms with Gasteiger partial charge in [0.1, 0.15) is 12.7 Å². The summed E-state index contributed by atoms with van der Waals surface area (Å²) in [5.74, 6) is 0.0573. The van der Waals surface area contributed by atoms with Crippen LogP contribution in [0.25, 0.3) is 5.69 Å². The zero-order chi connectivity index (χ0) is 16.2. The largest absolute Gasteiger partial charge is 0.395 e. The fourth-order valence-corrected chi connectivity index (χ4v) is 2.88. The quantitative estimate of drug-likeness (QED) is 0.880. The number of benzene rings is 1. The molecule has 1 saturated heterocycles. The maximum Gasteiger partial charge on any atom is 0.253 e. The van der Waals surface area contributed by atoms with E-state index in [9.17, 15) is 4.79 Å². The van der Waals surface area contributed by atoms with Crippen LogP contribution in [0.5, 0.6) is 0 Å². The molecule has 122 valence electrons. The number of carbonyl (C=O) groups excluding carboxylic acids is 1. The molecule has 1 aliphatic rings. The molecule has 7 nitrogen and oxygen atoms in total. The zero-order valence-electron chi connectivity index (χ0n) is 13.2. The summed E-state index contributed by atoms with van der Waals surface area (Å²) in [6, 6.07) is 5.64. The maximum atomic E-state index is 12.6. The van der Waals surface area contributed by atoms with E-state index in [0.29, 0.717) is 25.2 Å². The SMILES string of the molecule is Cc1cc(C(=O)N2CCN(CCO)CC2)ccc1-n1cncn1. The molecule has 1 fully saturated rings. The molecule has 1 aliphatic heterocycles. The van der Waals surface area contributed by atoms with Crippen molar-refractivity contribution in [2.45, 2.75) is 6.92 Å². The molecule has 7 heteroatoms. The van der Waals surface area contributed by atoms with Gasteiger partial charge >= 0.3 is 0 Å². The number of hydrogen-bond acceptors (Lipinski definition) is 5. The summed E-state index contributed by atoms with van der Waals surface area (Å²) in [7, 11) is 0. The standard InChI is InChI=1S/C16H21N5O2/c1-13-10-14(2-3-15(13)21-12-17-11-18-21)16(23)20-6-4-19(5-7-20)8-9-22/h2-3,10-12,22H,4-9H2,1H3. The minimum absolute atomic E-state index is 0.0573. The molecule has 1 aromatic carbocycles. The van der Waals surface area contributed by atoms with Crippen molar-refractivity contribution < 1.29 is 9.90 Å². The van der Waals surface area contributed by atoms with Gasteiger partial charge in [-0.05, 0) is 30.7 Å². The molecular weight excluding hydrogens is 294 g/mol. The summed E-state index contributed by atoms with van der Waals surface area (Å²) in [5, 5.41) is 13.1. The highest BCUT2D eigenvalue weighted by Gasteiger charge is 2.22. The molecule has 3 rings (SSSR count). The van der Waals surface area contributed by atoms with Crippen molar-refractivity contribution in [3.05, 3.63) is 42.0 Å². The average Bonchev–Trinajstić information content (AvgIpc) is 3.09. The van der Waals surface area contributed by atoms with Crippen LogP contribution in [0.3, 0.4) is 0 Å². The fraction of sp³-hybridized carbons (Fsp3) is 0.438. The van der Waals surface area contributed by atoms with Crippen LogP contribution in [-0.4, -0.2) is 74.9 Å². The van der Waals surface area contributed by atoms with E-state index in [1.165, 1.54) is 6.33 Å². The number of aromatic nitrogens is 3. The molecule has 0 bridgehead atoms. The minimum atomic E-state index is 0.0573. The summed E-state index contributed by atoms with van der Waals surface area (Å²) < 4.78 is 1.69. The van der Waals surface area contributed by atoms with Gasteiger partial charge in [-0.2, -0.15) is 5.10 Å². The molecule has 0 spiro atoms. The van der Waals surface area contributed by atoms with Crippen molar-refractivity contribution in [2.75, 3.05) is 39.3 Å². The second-order valence-corrected chi connectivity index (χ2v) is 5.70. The molecule has 1 N–H and O–H groups in total. The highest BCUT2D eigenvalue weighted by atomic mass is 16.3. The summed E-state index contributed by atoms with van der Waals surface area (Å²) >= 11 is 0. The minimum Gasteiger partial charge on any atom is -0.395 e. The third-order valence-electron chi connectivity index (χ3n) is 4.19. The van der Waals surface area contributed by atoms with Crippen LogP contribution in [0.2, 0.25) is 0 Å². The van der Waals surface area contributed by atoms with Crippen molar-refractivity contribution >= 4 is 5.91 Å². The van der Waals surface area contributed by atoms with Crippen molar-refractivity contribution in [2.24, 2.45) is 0 Å². The Labute approximate surface area is 135 Å². The molecule has 1 aromatic heterocycles. The summed E-state index contributed by atoms with van der Waals surface area (Å²) in [4.78, 5) is 20.6. The van der Waals surface area contributed by atoms with Crippen LogP contribution >= 0.6 is 0 Å². The Bertz CT molecular complexity index is 663. The second-order valence-electron chi connectivity index (χ2n) is 5.70. The first-order chi connectivity index (χ1) is 11.2. The van der Waals surface area contributed by atoms with Crippen molar-refractivity contribution in [3.8, 4) is 5.69 Å². The Kier molecular flexibility index (Phi) is 4.68. The molecule has 2 heterocycles. The van der Waals surface area contributed by atoms with Gasteiger partial charge in [-0.1, -0.05) is 0 Å². The van der Waals surface area contributed by atoms with Gasteiger partial charge in [0.05, 0.1) is 12.3 Å². The topological polar surface area (TPSA) is 74.5 Å². The number of nitrogens with zero attached hydrogens (tertiary/aromatic N) is 5. The van der Waals surface area contributed by atoms with E-state index in [0.717, 1.165) is 24.3 Å². The van der Waals surface area contributed by atoms with Crippen LogP contribution in [0, 0.1) is 6.92 Å². The van der Waals surface area contributed by atoms with E-state index in [-0.39, 0.29) is 12.5 Å². The van der Waals surface area contributed by atoms with E-state index >= 15 is 0 Å². The number of β-amino-alcohol motifs (C(OH)–C–C–N with tert-alkyl or cyclic N) is 1. The summed E-state index contributed by atoms with van der Waals surface area (Å²) in [5.41, 5.74) is 2.61. The van der Waals surface area contributed by atoms with E-state index in [2.05, 4.69) is 15.0 Å². The van der Waals surface area contributed by atoms with Gasteiger partial charge in [0.15, 0.2) is 0 Å². The molecule has 23 heavy (non-hydrogen) atoms. The number of hydrogen-bond donors (Lipinski definition) is 1. The average molecular weight is 315 g/mol. The lowest BCUT2D eigenvalue weighted by molar-refractivity contribution is 0.0615. The molecule has 0 unspecified atom stereocenters. The van der Waals surface area contributed by atoms with Crippen LogP contribution < -0.4 is 0 Å². The second kappa shape index (κ2) is 6.89. The lowest BCUT2D eigenvalue weighted by Gasteiger charge is -2.34. The Hall–Kier alpha value is -2.25. The van der Waals surface area contributed by atoms with Crippen molar-refractivity contribution in [1.82, 2.24) is 24.6 Å². The Morgan fingerprint density at radius 3 is 2.65 bits per heavy atom. The van der Waals surface area contributed by atoms with Gasteiger partial charge in [-0.15, -0.1) is 0 Å². The number of aliphatic hydroxyl groups excluding tert-OH is 1. The van der Waals surface area contributed by atoms with E-state index < -0.39 is 0 Å². The number of piperazine rings is 1. The number of carbonyl (C=O) groups is 1. The van der Waals surface area contributed by atoms with Gasteiger partial charge in [0.25, 0.3) is 5.91 Å². The number of aryl methyl sites for hydroxylation is 1. The summed E-state index contributed by atoms with van der Waals surface area (Å²) in [6.45, 7) is 5.81. The number of amides is 1. The van der Waals surface area contributed by atoms with Crippen LogP contribution in [0.1, 0.15) is 15.9 Å². The molecule has 1 amide bonds. The lowest BCUT2D eigenvalue weighted by Crippen LogP contribution is -2.49. The lowest BCUT2D eigenvalue weighted by atomic mass is 10.1. The van der Waals surface area contributed by atoms with Crippen LogP contribution in [0.4, 0.5) is 0 Å². The van der Waals surface area contributed by atoms with E-state index in [1.54, 1.807) is 11.0 Å². The van der Waals surface area contributed by atoms with Gasteiger partial charge in [0.2, 0.25) is 0 Å². The zero-order valence-corrected chi connectivity index (χ0v) is 13.2. The first-order valence-electron chi connectivity index (χ1n) is 7.77. The third-order valence-corrected chi connectivity index (χ3v) is 4.19. The molecule has 0 saturated carbocycles. The van der Waals surface area contributed by atoms with Crippen molar-refractivity contribution in [1.29, 1.82) is 0 Å². The van der Waals surface area contributed by atoms with Gasteiger partial charge in [-0.25, -0.2) is 9.67 Å². The van der Waals surface area contributed by atoms with E-state index in [4.69, 9.17) is 5.11 Å². The summed E-state index contributed by atoms with van der Waals surface area (Å²) in [6.07, 6.45) is 3.13. The Morgan fingerprint density at radius 1 is 1.26 bits per heavy atom. The third kappa shape index (κ3) is 3.40. The monoisotopic (exact) mass is 315 g/mol. The Balaban J connectivity index is 1.70. The fourth-order valence-electron chi connectivity index (χ4n) is 2.88. The van der Waals surface area contributed by atoms with E-state index in [1.807, 2.05) is 30.0 Å². The molecule has 0 aliphatic carbocycles. The van der Waals surface area contributed by atoms with Crippen molar-refractivity contribution in [3.63, 3.8) is 0 Å². The molecule has 0 atom stereocenters. The first kappa shape index (κ1) is 15.6. The first-order valence-corrected chi connectivity index (χ1v) is 7.77. The predicted molar refractivity (Wildman–Crippen MR) is 85.5 cm³/mol.